The number of pyridine rings is 1. The van der Waals surface area contributed by atoms with Crippen molar-refractivity contribution in [3.05, 3.63) is 57.8 Å². The third-order valence-electron chi connectivity index (χ3n) is 3.51. The normalized spacial score (nSPS) is 11.2. The molecule has 5 heteroatoms. The van der Waals surface area contributed by atoms with Crippen LogP contribution in [-0.2, 0) is 6.42 Å². The van der Waals surface area contributed by atoms with E-state index in [1.165, 1.54) is 0 Å². The lowest BCUT2D eigenvalue weighted by atomic mass is 10.1. The van der Waals surface area contributed by atoms with Crippen molar-refractivity contribution in [1.29, 1.82) is 0 Å². The quantitative estimate of drug-likeness (QED) is 0.789. The van der Waals surface area contributed by atoms with Gasteiger partial charge in [0.2, 0.25) is 0 Å². The van der Waals surface area contributed by atoms with Gasteiger partial charge < -0.3 is 10.1 Å². The molecule has 0 atom stereocenters. The Hall–Kier alpha value is -1.55. The van der Waals surface area contributed by atoms with Crippen molar-refractivity contribution in [2.24, 2.45) is 5.73 Å². The molecule has 1 aromatic carbocycles. The van der Waals surface area contributed by atoms with Crippen LogP contribution >= 0.6 is 23.2 Å². The molecule has 0 spiro atoms. The lowest BCUT2D eigenvalue weighted by Gasteiger charge is -2.06. The highest BCUT2D eigenvalue weighted by Crippen LogP contribution is 2.33. The molecule has 0 unspecified atom stereocenters. The number of benzene rings is 1. The fourth-order valence-electron chi connectivity index (χ4n) is 2.53. The molecule has 0 fully saturated rings. The van der Waals surface area contributed by atoms with Gasteiger partial charge in [0, 0.05) is 23.2 Å². The summed E-state index contributed by atoms with van der Waals surface area (Å²) in [6.07, 6.45) is 2.74. The number of rotatable bonds is 3. The van der Waals surface area contributed by atoms with Crippen molar-refractivity contribution in [3.8, 4) is 11.3 Å². The Morgan fingerprint density at radius 1 is 1.24 bits per heavy atom. The summed E-state index contributed by atoms with van der Waals surface area (Å²) in [5, 5.41) is 1.21. The van der Waals surface area contributed by atoms with Crippen LogP contribution < -0.4 is 5.73 Å². The van der Waals surface area contributed by atoms with E-state index >= 15 is 0 Å². The number of aromatic nitrogens is 2. The third kappa shape index (κ3) is 2.53. The zero-order valence-electron chi connectivity index (χ0n) is 11.6. The van der Waals surface area contributed by atoms with Crippen LogP contribution in [-0.4, -0.2) is 15.9 Å². The van der Waals surface area contributed by atoms with Crippen molar-refractivity contribution in [3.63, 3.8) is 0 Å². The lowest BCUT2D eigenvalue weighted by molar-refractivity contribution is 0.906. The minimum atomic E-state index is 0.556. The molecular weight excluding hydrogens is 305 g/mol. The van der Waals surface area contributed by atoms with Gasteiger partial charge in [0.1, 0.15) is 5.65 Å². The SMILES string of the molecule is Cc1cccn2c(CCN)c(-c3ccc(Cl)cc3Cl)nc12. The molecule has 3 rings (SSSR count). The fourth-order valence-corrected chi connectivity index (χ4v) is 3.02. The van der Waals surface area contributed by atoms with Crippen molar-refractivity contribution in [1.82, 2.24) is 9.38 Å². The molecule has 2 N–H and O–H groups in total. The van der Waals surface area contributed by atoms with Gasteiger partial charge in [-0.3, -0.25) is 0 Å². The van der Waals surface area contributed by atoms with Crippen LogP contribution in [0.3, 0.4) is 0 Å². The molecule has 21 heavy (non-hydrogen) atoms. The monoisotopic (exact) mass is 319 g/mol. The Labute approximate surface area is 133 Å². The molecule has 0 radical (unpaired) electrons. The average molecular weight is 320 g/mol. The summed E-state index contributed by atoms with van der Waals surface area (Å²) in [6, 6.07) is 9.52. The van der Waals surface area contributed by atoms with E-state index < -0.39 is 0 Å². The minimum absolute atomic E-state index is 0.556. The predicted octanol–water partition coefficient (Wildman–Crippen LogP) is 4.12. The molecule has 0 saturated heterocycles. The summed E-state index contributed by atoms with van der Waals surface area (Å²) >= 11 is 12.3. The first-order chi connectivity index (χ1) is 10.1. The summed E-state index contributed by atoms with van der Waals surface area (Å²) in [4.78, 5) is 4.77. The molecular formula is C16H15Cl2N3. The van der Waals surface area contributed by atoms with Gasteiger partial charge in [0.15, 0.2) is 0 Å². The maximum atomic E-state index is 6.34. The number of fused-ring (bicyclic) bond motifs is 1. The number of nitrogens with two attached hydrogens (primary N) is 1. The number of imidazole rings is 1. The van der Waals surface area contributed by atoms with Crippen molar-refractivity contribution < 1.29 is 0 Å². The Bertz CT molecular complexity index is 809. The van der Waals surface area contributed by atoms with Gasteiger partial charge in [-0.05, 0) is 43.3 Å². The highest BCUT2D eigenvalue weighted by molar-refractivity contribution is 6.36. The maximum Gasteiger partial charge on any atom is 0.140 e. The van der Waals surface area contributed by atoms with E-state index in [1.807, 2.05) is 37.4 Å². The van der Waals surface area contributed by atoms with Crippen molar-refractivity contribution >= 4 is 28.8 Å². The smallest absolute Gasteiger partial charge is 0.140 e. The van der Waals surface area contributed by atoms with Gasteiger partial charge in [-0.15, -0.1) is 0 Å². The predicted molar refractivity (Wildman–Crippen MR) is 88.1 cm³/mol. The third-order valence-corrected chi connectivity index (χ3v) is 4.06. The van der Waals surface area contributed by atoms with Crippen LogP contribution in [0.15, 0.2) is 36.5 Å². The first kappa shape index (κ1) is 14.4. The van der Waals surface area contributed by atoms with Crippen LogP contribution in [0, 0.1) is 6.92 Å². The van der Waals surface area contributed by atoms with E-state index in [0.717, 1.165) is 34.6 Å². The Balaban J connectivity index is 2.30. The second-order valence-corrected chi connectivity index (χ2v) is 5.80. The molecule has 108 valence electrons. The molecule has 0 bridgehead atoms. The van der Waals surface area contributed by atoms with Crippen LogP contribution in [0.2, 0.25) is 10.0 Å². The van der Waals surface area contributed by atoms with E-state index in [-0.39, 0.29) is 0 Å². The van der Waals surface area contributed by atoms with Gasteiger partial charge in [-0.1, -0.05) is 29.3 Å². The van der Waals surface area contributed by atoms with E-state index in [2.05, 4.69) is 4.40 Å². The molecule has 0 aliphatic heterocycles. The molecule has 2 heterocycles. The number of halogens is 2. The molecule has 3 nitrogen and oxygen atoms in total. The topological polar surface area (TPSA) is 43.3 Å². The maximum absolute atomic E-state index is 6.34. The molecule has 3 aromatic rings. The summed E-state index contributed by atoms with van der Waals surface area (Å²) in [7, 11) is 0. The summed E-state index contributed by atoms with van der Waals surface area (Å²) in [5.41, 5.74) is 10.6. The van der Waals surface area contributed by atoms with Crippen molar-refractivity contribution in [2.75, 3.05) is 6.54 Å². The fraction of sp³-hybridized carbons (Fsp3) is 0.188. The molecule has 0 aliphatic rings. The molecule has 2 aromatic heterocycles. The number of nitrogens with zero attached hydrogens (tertiary/aromatic N) is 2. The van der Waals surface area contributed by atoms with Gasteiger partial charge in [0.05, 0.1) is 16.4 Å². The standard InChI is InChI=1S/C16H15Cl2N3/c1-10-3-2-8-21-14(6-7-19)15(20-16(10)21)12-5-4-11(17)9-13(12)18/h2-5,8-9H,6-7,19H2,1H3. The summed E-state index contributed by atoms with van der Waals surface area (Å²) in [5.74, 6) is 0. The minimum Gasteiger partial charge on any atom is -0.330 e. The first-order valence-corrected chi connectivity index (χ1v) is 7.49. The lowest BCUT2D eigenvalue weighted by Crippen LogP contribution is -2.06. The first-order valence-electron chi connectivity index (χ1n) is 6.74. The zero-order valence-corrected chi connectivity index (χ0v) is 13.1. The molecule has 0 amide bonds. The Kier molecular flexibility index (Phi) is 3.89. The summed E-state index contributed by atoms with van der Waals surface area (Å²) < 4.78 is 2.09. The van der Waals surface area contributed by atoms with E-state index in [0.29, 0.717) is 16.6 Å². The molecule has 0 aliphatic carbocycles. The average Bonchev–Trinajstić information content (AvgIpc) is 2.80. The number of aryl methyl sites for hydroxylation is 1. The van der Waals surface area contributed by atoms with Gasteiger partial charge in [-0.25, -0.2) is 4.98 Å². The Morgan fingerprint density at radius 2 is 2.05 bits per heavy atom. The zero-order chi connectivity index (χ0) is 15.0. The summed E-state index contributed by atoms with van der Waals surface area (Å²) in [6.45, 7) is 2.60. The van der Waals surface area contributed by atoms with Crippen LogP contribution in [0.5, 0.6) is 0 Å². The number of hydrogen-bond donors (Lipinski definition) is 1. The van der Waals surface area contributed by atoms with Gasteiger partial charge >= 0.3 is 0 Å². The van der Waals surface area contributed by atoms with Gasteiger partial charge in [0.25, 0.3) is 0 Å². The van der Waals surface area contributed by atoms with Crippen LogP contribution in [0.4, 0.5) is 0 Å². The second kappa shape index (κ2) is 5.68. The largest absolute Gasteiger partial charge is 0.330 e. The second-order valence-electron chi connectivity index (χ2n) is 4.95. The van der Waals surface area contributed by atoms with E-state index in [9.17, 15) is 0 Å². The Morgan fingerprint density at radius 3 is 2.76 bits per heavy atom. The van der Waals surface area contributed by atoms with Crippen LogP contribution in [0.25, 0.3) is 16.9 Å². The number of hydrogen-bond acceptors (Lipinski definition) is 2. The van der Waals surface area contributed by atoms with Crippen LogP contribution in [0.1, 0.15) is 11.3 Å². The van der Waals surface area contributed by atoms with Gasteiger partial charge in [-0.2, -0.15) is 0 Å². The highest BCUT2D eigenvalue weighted by atomic mass is 35.5. The van der Waals surface area contributed by atoms with Crippen molar-refractivity contribution in [2.45, 2.75) is 13.3 Å². The van der Waals surface area contributed by atoms with E-state index in [4.69, 9.17) is 33.9 Å². The van der Waals surface area contributed by atoms with E-state index in [1.54, 1.807) is 6.07 Å². The molecule has 0 saturated carbocycles. The highest BCUT2D eigenvalue weighted by Gasteiger charge is 2.16.